The molecule has 0 unspecified atom stereocenters. The number of nitrogens with zero attached hydrogens (tertiary/aromatic N) is 4. The Kier molecular flexibility index (Phi) is 6.02. The second kappa shape index (κ2) is 8.28. The molecule has 0 spiro atoms. The van der Waals surface area contributed by atoms with E-state index in [4.69, 9.17) is 0 Å². The highest BCUT2D eigenvalue weighted by Gasteiger charge is 2.38. The van der Waals surface area contributed by atoms with Gasteiger partial charge >= 0.3 is 0 Å². The van der Waals surface area contributed by atoms with Crippen LogP contribution in [0.2, 0.25) is 0 Å². The molecule has 1 aliphatic carbocycles. The van der Waals surface area contributed by atoms with Crippen molar-refractivity contribution in [1.82, 2.24) is 14.5 Å². The number of carbonyl (C=O) groups excluding carboxylic acids is 1. The Morgan fingerprint density at radius 1 is 1.52 bits per heavy atom. The summed E-state index contributed by atoms with van der Waals surface area (Å²) in [7, 11) is 1.71. The van der Waals surface area contributed by atoms with E-state index < -0.39 is 5.54 Å². The predicted octanol–water partition coefficient (Wildman–Crippen LogP) is 3.42. The zero-order chi connectivity index (χ0) is 19.4. The second-order valence-electron chi connectivity index (χ2n) is 6.68. The summed E-state index contributed by atoms with van der Waals surface area (Å²) < 4.78 is 1.54. The van der Waals surface area contributed by atoms with Gasteiger partial charge in [-0.15, -0.1) is 17.9 Å². The van der Waals surface area contributed by atoms with Gasteiger partial charge in [-0.1, -0.05) is 37.1 Å². The third kappa shape index (κ3) is 3.80. The van der Waals surface area contributed by atoms with Gasteiger partial charge in [-0.05, 0) is 24.3 Å². The third-order valence-corrected chi connectivity index (χ3v) is 6.86. The smallest absolute Gasteiger partial charge is 0.263 e. The molecule has 0 atom stereocenters. The van der Waals surface area contributed by atoms with Crippen molar-refractivity contribution in [1.29, 1.82) is 5.26 Å². The normalized spacial score (nSPS) is 16.0. The van der Waals surface area contributed by atoms with Gasteiger partial charge in [0.15, 0.2) is 5.16 Å². The van der Waals surface area contributed by atoms with Crippen molar-refractivity contribution < 1.29 is 4.79 Å². The molecule has 0 saturated heterocycles. The van der Waals surface area contributed by atoms with E-state index >= 15 is 0 Å². The third-order valence-electron chi connectivity index (χ3n) is 5.09. The molecular formula is C19H22N4O2S2. The molecule has 1 amide bonds. The Balaban J connectivity index is 1.80. The molecule has 2 heterocycles. The highest BCUT2D eigenvalue weighted by atomic mass is 32.2. The van der Waals surface area contributed by atoms with Crippen LogP contribution < -0.4 is 5.56 Å². The number of rotatable bonds is 6. The number of allylic oxidation sites excluding steroid dienone is 1. The summed E-state index contributed by atoms with van der Waals surface area (Å²) in [6.07, 6.45) is 6.13. The zero-order valence-electron chi connectivity index (χ0n) is 15.3. The van der Waals surface area contributed by atoms with E-state index in [9.17, 15) is 14.9 Å². The minimum Gasteiger partial charge on any atom is -0.326 e. The van der Waals surface area contributed by atoms with Gasteiger partial charge in [0.1, 0.15) is 10.4 Å². The van der Waals surface area contributed by atoms with Gasteiger partial charge in [0.2, 0.25) is 5.91 Å². The number of nitriles is 1. The maximum atomic E-state index is 12.8. The molecular weight excluding hydrogens is 380 g/mol. The Hall–Kier alpha value is -2.11. The van der Waals surface area contributed by atoms with Crippen LogP contribution in [0.5, 0.6) is 0 Å². The molecule has 0 bridgehead atoms. The van der Waals surface area contributed by atoms with Crippen molar-refractivity contribution in [3.8, 4) is 6.07 Å². The first-order chi connectivity index (χ1) is 13.0. The molecule has 1 fully saturated rings. The number of thiophene rings is 1. The van der Waals surface area contributed by atoms with E-state index in [-0.39, 0.29) is 17.2 Å². The summed E-state index contributed by atoms with van der Waals surface area (Å²) in [5.41, 5.74) is -0.827. The molecule has 1 saturated carbocycles. The van der Waals surface area contributed by atoms with E-state index in [1.54, 1.807) is 28.7 Å². The van der Waals surface area contributed by atoms with Crippen molar-refractivity contribution in [2.24, 2.45) is 0 Å². The number of aromatic nitrogens is 2. The quantitative estimate of drug-likeness (QED) is 0.420. The molecule has 6 nitrogen and oxygen atoms in total. The summed E-state index contributed by atoms with van der Waals surface area (Å²) in [6.45, 7) is 4.04. The topological polar surface area (TPSA) is 79.0 Å². The summed E-state index contributed by atoms with van der Waals surface area (Å²) in [4.78, 5) is 32.2. The van der Waals surface area contributed by atoms with Crippen LogP contribution in [-0.2, 0) is 11.3 Å². The largest absolute Gasteiger partial charge is 0.326 e. The summed E-state index contributed by atoms with van der Waals surface area (Å²) in [6, 6.07) is 4.14. The van der Waals surface area contributed by atoms with Crippen molar-refractivity contribution in [2.75, 3.05) is 12.8 Å². The first kappa shape index (κ1) is 19.6. The van der Waals surface area contributed by atoms with Crippen LogP contribution in [0.3, 0.4) is 0 Å². The number of amides is 1. The molecule has 0 aliphatic heterocycles. The van der Waals surface area contributed by atoms with Gasteiger partial charge in [-0.25, -0.2) is 4.98 Å². The molecule has 0 N–H and O–H groups in total. The number of hydrogen-bond acceptors (Lipinski definition) is 6. The van der Waals surface area contributed by atoms with E-state index in [0.29, 0.717) is 21.9 Å². The first-order valence-electron chi connectivity index (χ1n) is 8.92. The van der Waals surface area contributed by atoms with Gasteiger partial charge in [0, 0.05) is 13.6 Å². The minimum atomic E-state index is -0.707. The fourth-order valence-electron chi connectivity index (χ4n) is 3.45. The molecule has 0 aromatic carbocycles. The lowest BCUT2D eigenvalue weighted by molar-refractivity contribution is -0.131. The lowest BCUT2D eigenvalue weighted by Gasteiger charge is -2.39. The van der Waals surface area contributed by atoms with Gasteiger partial charge in [0.05, 0.1) is 17.2 Å². The van der Waals surface area contributed by atoms with Crippen molar-refractivity contribution in [2.45, 2.75) is 49.3 Å². The Bertz CT molecular complexity index is 951. The highest BCUT2D eigenvalue weighted by Crippen LogP contribution is 2.33. The average Bonchev–Trinajstić information content (AvgIpc) is 3.17. The maximum Gasteiger partial charge on any atom is 0.263 e. The predicted molar refractivity (Wildman–Crippen MR) is 109 cm³/mol. The fraction of sp³-hybridized carbons (Fsp3) is 0.474. The standard InChI is InChI=1S/C19H22N4O2S2/c1-3-10-23-17(25)14-7-11-26-16(14)21-18(23)27-12-15(24)22(2)19(13-20)8-5-4-6-9-19/h3,7,11H,1,4-6,8-10,12H2,2H3. The lowest BCUT2D eigenvalue weighted by atomic mass is 9.81. The Morgan fingerprint density at radius 2 is 2.26 bits per heavy atom. The van der Waals surface area contributed by atoms with Crippen LogP contribution in [0.1, 0.15) is 32.1 Å². The number of carbonyl (C=O) groups is 1. The molecule has 2 aromatic rings. The molecule has 3 rings (SSSR count). The van der Waals surface area contributed by atoms with Crippen LogP contribution in [0, 0.1) is 11.3 Å². The van der Waals surface area contributed by atoms with E-state index in [2.05, 4.69) is 17.6 Å². The number of thioether (sulfide) groups is 1. The Labute approximate surface area is 166 Å². The minimum absolute atomic E-state index is 0.117. The SMILES string of the molecule is C=CCn1c(SCC(=O)N(C)C2(C#N)CCCCC2)nc2sccc2c1=O. The summed E-state index contributed by atoms with van der Waals surface area (Å²) >= 11 is 2.65. The van der Waals surface area contributed by atoms with E-state index in [1.807, 2.05) is 5.38 Å². The highest BCUT2D eigenvalue weighted by molar-refractivity contribution is 7.99. The molecule has 8 heteroatoms. The maximum absolute atomic E-state index is 12.8. The van der Waals surface area contributed by atoms with Gasteiger partial charge in [0.25, 0.3) is 5.56 Å². The van der Waals surface area contributed by atoms with E-state index in [0.717, 1.165) is 32.1 Å². The first-order valence-corrected chi connectivity index (χ1v) is 10.8. The molecule has 2 aromatic heterocycles. The van der Waals surface area contributed by atoms with Gasteiger partial charge < -0.3 is 4.90 Å². The zero-order valence-corrected chi connectivity index (χ0v) is 16.9. The average molecular weight is 403 g/mol. The number of fused-ring (bicyclic) bond motifs is 1. The summed E-state index contributed by atoms with van der Waals surface area (Å²) in [5, 5.41) is 12.6. The molecule has 1 aliphatic rings. The van der Waals surface area contributed by atoms with Crippen LogP contribution in [0.25, 0.3) is 10.2 Å². The van der Waals surface area contributed by atoms with Crippen LogP contribution in [0.4, 0.5) is 0 Å². The number of hydrogen-bond donors (Lipinski definition) is 0. The monoisotopic (exact) mass is 402 g/mol. The van der Waals surface area contributed by atoms with Crippen molar-refractivity contribution >= 4 is 39.2 Å². The second-order valence-corrected chi connectivity index (χ2v) is 8.52. The molecule has 0 radical (unpaired) electrons. The molecule has 142 valence electrons. The summed E-state index contributed by atoms with van der Waals surface area (Å²) in [5.74, 6) is 0.0227. The van der Waals surface area contributed by atoms with Crippen molar-refractivity contribution in [3.05, 3.63) is 34.5 Å². The van der Waals surface area contributed by atoms with E-state index in [1.165, 1.54) is 23.1 Å². The fourth-order valence-corrected chi connectivity index (χ4v) is 5.18. The molecule has 27 heavy (non-hydrogen) atoms. The van der Waals surface area contributed by atoms with Gasteiger partial charge in [-0.2, -0.15) is 5.26 Å². The van der Waals surface area contributed by atoms with Gasteiger partial charge in [-0.3, -0.25) is 14.2 Å². The lowest BCUT2D eigenvalue weighted by Crippen LogP contribution is -2.50. The van der Waals surface area contributed by atoms with Crippen LogP contribution in [-0.4, -0.2) is 38.7 Å². The van der Waals surface area contributed by atoms with Crippen LogP contribution >= 0.6 is 23.1 Å². The van der Waals surface area contributed by atoms with Crippen molar-refractivity contribution in [3.63, 3.8) is 0 Å². The van der Waals surface area contributed by atoms with Crippen LogP contribution in [0.15, 0.2) is 34.1 Å². The Morgan fingerprint density at radius 3 is 2.93 bits per heavy atom.